The second kappa shape index (κ2) is 7.89. The number of hydrogen-bond donors (Lipinski definition) is 3. The molecule has 0 aromatic heterocycles. The van der Waals surface area contributed by atoms with Gasteiger partial charge in [0, 0.05) is 28.6 Å². The highest BCUT2D eigenvalue weighted by atomic mass is 35.5. The van der Waals surface area contributed by atoms with Crippen molar-refractivity contribution >= 4 is 29.1 Å². The Morgan fingerprint density at radius 3 is 2.54 bits per heavy atom. The number of hydrogen-bond acceptors (Lipinski definition) is 4. The molecule has 134 valence electrons. The monoisotopic (exact) mass is 371 g/mol. The topological polar surface area (TPSA) is 116 Å². The first kappa shape index (κ1) is 19.3. The second-order valence-corrected chi connectivity index (χ2v) is 6.53. The zero-order valence-electron chi connectivity index (χ0n) is 14.3. The molecule has 7 heteroatoms. The summed E-state index contributed by atoms with van der Waals surface area (Å²) in [6.45, 7) is 3.49. The Kier molecular flexibility index (Phi) is 5.86. The van der Waals surface area contributed by atoms with E-state index in [1.165, 1.54) is 18.2 Å². The molecule has 0 saturated carbocycles. The maximum absolute atomic E-state index is 11.9. The molecular formula is C19H18ClN3O3. The van der Waals surface area contributed by atoms with E-state index in [0.29, 0.717) is 22.4 Å². The van der Waals surface area contributed by atoms with Crippen molar-refractivity contribution in [3.63, 3.8) is 0 Å². The number of anilines is 1. The molecule has 4 N–H and O–H groups in total. The number of nitrogens with two attached hydrogens (primary N) is 1. The van der Waals surface area contributed by atoms with Crippen LogP contribution in [0.25, 0.3) is 0 Å². The van der Waals surface area contributed by atoms with Crippen LogP contribution in [0, 0.1) is 17.2 Å². The Balaban J connectivity index is 2.44. The number of benzene rings is 2. The molecule has 2 rings (SSSR count). The van der Waals surface area contributed by atoms with E-state index in [1.807, 2.05) is 6.07 Å². The van der Waals surface area contributed by atoms with E-state index in [2.05, 4.69) is 5.32 Å². The molecule has 0 radical (unpaired) electrons. The number of rotatable bonds is 5. The summed E-state index contributed by atoms with van der Waals surface area (Å²) in [6.07, 6.45) is 0.146. The standard InChI is InChI=1S/C19H18ClN3O3/c1-10(2)19(26)23-13-7-15(18(22)25)14(16(20)8-13)6-12-4-3-11(9-21)5-17(12)24/h3-5,7-8,10,24H,6H2,1-2H3,(H2,22,25)(H,23,26). The first-order valence-electron chi connectivity index (χ1n) is 7.88. The SMILES string of the molecule is CC(C)C(=O)Nc1cc(Cl)c(Cc2ccc(C#N)cc2O)c(C(N)=O)c1. The minimum absolute atomic E-state index is 0.0762. The molecule has 2 amide bonds. The van der Waals surface area contributed by atoms with E-state index in [9.17, 15) is 14.7 Å². The lowest BCUT2D eigenvalue weighted by Crippen LogP contribution is -2.19. The quantitative estimate of drug-likeness (QED) is 0.748. The molecule has 2 aromatic carbocycles. The third kappa shape index (κ3) is 4.32. The van der Waals surface area contributed by atoms with Crippen molar-refractivity contribution in [1.82, 2.24) is 0 Å². The number of nitriles is 1. The number of phenolic OH excluding ortho intramolecular Hbond substituents is 1. The van der Waals surface area contributed by atoms with Gasteiger partial charge in [-0.1, -0.05) is 31.5 Å². The van der Waals surface area contributed by atoms with Crippen LogP contribution < -0.4 is 11.1 Å². The molecular weight excluding hydrogens is 354 g/mol. The largest absolute Gasteiger partial charge is 0.508 e. The molecule has 0 saturated heterocycles. The molecule has 26 heavy (non-hydrogen) atoms. The number of nitrogens with one attached hydrogen (secondary N) is 1. The van der Waals surface area contributed by atoms with Gasteiger partial charge < -0.3 is 16.2 Å². The van der Waals surface area contributed by atoms with Gasteiger partial charge in [-0.15, -0.1) is 0 Å². The molecule has 0 aliphatic rings. The Hall–Kier alpha value is -3.04. The fourth-order valence-electron chi connectivity index (χ4n) is 2.37. The van der Waals surface area contributed by atoms with Crippen LogP contribution in [0.4, 0.5) is 5.69 Å². The lowest BCUT2D eigenvalue weighted by molar-refractivity contribution is -0.118. The molecule has 0 bridgehead atoms. The van der Waals surface area contributed by atoms with Gasteiger partial charge in [-0.2, -0.15) is 5.26 Å². The predicted molar refractivity (Wildman–Crippen MR) is 99.1 cm³/mol. The van der Waals surface area contributed by atoms with Crippen LogP contribution in [-0.2, 0) is 11.2 Å². The highest BCUT2D eigenvalue weighted by Crippen LogP contribution is 2.30. The van der Waals surface area contributed by atoms with Crippen LogP contribution in [0.3, 0.4) is 0 Å². The third-order valence-corrected chi connectivity index (χ3v) is 4.17. The van der Waals surface area contributed by atoms with Crippen LogP contribution in [0.15, 0.2) is 30.3 Å². The molecule has 0 heterocycles. The van der Waals surface area contributed by atoms with E-state index in [0.717, 1.165) is 0 Å². The molecule has 0 fully saturated rings. The first-order chi connectivity index (χ1) is 12.2. The first-order valence-corrected chi connectivity index (χ1v) is 8.25. The maximum atomic E-state index is 11.9. The Labute approximate surface area is 156 Å². The van der Waals surface area contributed by atoms with E-state index in [1.54, 1.807) is 26.0 Å². The van der Waals surface area contributed by atoms with Crippen molar-refractivity contribution in [2.45, 2.75) is 20.3 Å². The number of carbonyl (C=O) groups is 2. The van der Waals surface area contributed by atoms with Crippen molar-refractivity contribution in [3.05, 3.63) is 57.6 Å². The van der Waals surface area contributed by atoms with Gasteiger partial charge >= 0.3 is 0 Å². The summed E-state index contributed by atoms with van der Waals surface area (Å²) >= 11 is 6.31. The number of phenols is 1. The lowest BCUT2D eigenvalue weighted by Gasteiger charge is -2.14. The Morgan fingerprint density at radius 1 is 1.31 bits per heavy atom. The Morgan fingerprint density at radius 2 is 2.00 bits per heavy atom. The average molecular weight is 372 g/mol. The summed E-state index contributed by atoms with van der Waals surface area (Å²) in [5.41, 5.74) is 7.23. The average Bonchev–Trinajstić information content (AvgIpc) is 2.57. The van der Waals surface area contributed by atoms with Crippen LogP contribution in [0.1, 0.15) is 40.9 Å². The molecule has 6 nitrogen and oxygen atoms in total. The van der Waals surface area contributed by atoms with E-state index in [-0.39, 0.29) is 34.6 Å². The summed E-state index contributed by atoms with van der Waals surface area (Å²) in [6, 6.07) is 9.41. The fraction of sp³-hybridized carbons (Fsp3) is 0.211. The minimum atomic E-state index is -0.698. The number of aromatic hydroxyl groups is 1. The van der Waals surface area contributed by atoms with Gasteiger partial charge in [-0.25, -0.2) is 0 Å². The summed E-state index contributed by atoms with van der Waals surface area (Å²) in [7, 11) is 0. The molecule has 0 atom stereocenters. The van der Waals surface area contributed by atoms with Gasteiger partial charge in [0.2, 0.25) is 11.8 Å². The van der Waals surface area contributed by atoms with Gasteiger partial charge in [0.25, 0.3) is 0 Å². The number of amides is 2. The number of nitrogens with zero attached hydrogens (tertiary/aromatic N) is 1. The van der Waals surface area contributed by atoms with E-state index >= 15 is 0 Å². The summed E-state index contributed by atoms with van der Waals surface area (Å²) < 4.78 is 0. The van der Waals surface area contributed by atoms with Gasteiger partial charge in [-0.05, 0) is 35.4 Å². The molecule has 0 unspecified atom stereocenters. The lowest BCUT2D eigenvalue weighted by atomic mass is 9.97. The minimum Gasteiger partial charge on any atom is -0.508 e. The summed E-state index contributed by atoms with van der Waals surface area (Å²) in [4.78, 5) is 23.7. The zero-order chi connectivity index (χ0) is 19.4. The summed E-state index contributed by atoms with van der Waals surface area (Å²) in [5, 5.41) is 21.9. The van der Waals surface area contributed by atoms with Gasteiger partial charge in [-0.3, -0.25) is 9.59 Å². The van der Waals surface area contributed by atoms with Gasteiger partial charge in [0.05, 0.1) is 11.6 Å². The highest BCUT2D eigenvalue weighted by Gasteiger charge is 2.17. The molecule has 0 spiro atoms. The summed E-state index contributed by atoms with van der Waals surface area (Å²) in [5.74, 6) is -1.22. The van der Waals surface area contributed by atoms with E-state index in [4.69, 9.17) is 22.6 Å². The van der Waals surface area contributed by atoms with Crippen molar-refractivity contribution in [2.24, 2.45) is 11.7 Å². The molecule has 0 aliphatic heterocycles. The van der Waals surface area contributed by atoms with Crippen LogP contribution in [0.5, 0.6) is 5.75 Å². The van der Waals surface area contributed by atoms with Crippen molar-refractivity contribution in [2.75, 3.05) is 5.32 Å². The van der Waals surface area contributed by atoms with Crippen molar-refractivity contribution in [1.29, 1.82) is 5.26 Å². The fourth-order valence-corrected chi connectivity index (χ4v) is 2.65. The number of carbonyl (C=O) groups excluding carboxylic acids is 2. The van der Waals surface area contributed by atoms with Crippen LogP contribution >= 0.6 is 11.6 Å². The molecule has 2 aromatic rings. The zero-order valence-corrected chi connectivity index (χ0v) is 15.1. The normalized spacial score (nSPS) is 10.4. The third-order valence-electron chi connectivity index (χ3n) is 3.83. The second-order valence-electron chi connectivity index (χ2n) is 6.12. The highest BCUT2D eigenvalue weighted by molar-refractivity contribution is 6.32. The van der Waals surface area contributed by atoms with Gasteiger partial charge in [0.15, 0.2) is 0 Å². The number of primary amides is 1. The number of halogens is 1. The smallest absolute Gasteiger partial charge is 0.249 e. The maximum Gasteiger partial charge on any atom is 0.249 e. The van der Waals surface area contributed by atoms with Crippen LogP contribution in [0.2, 0.25) is 5.02 Å². The Bertz CT molecular complexity index is 917. The van der Waals surface area contributed by atoms with Crippen molar-refractivity contribution in [3.8, 4) is 11.8 Å². The van der Waals surface area contributed by atoms with Gasteiger partial charge in [0.1, 0.15) is 5.75 Å². The predicted octanol–water partition coefficient (Wildman–Crippen LogP) is 3.20. The van der Waals surface area contributed by atoms with Crippen molar-refractivity contribution < 1.29 is 14.7 Å². The van der Waals surface area contributed by atoms with Crippen LogP contribution in [-0.4, -0.2) is 16.9 Å². The van der Waals surface area contributed by atoms with E-state index < -0.39 is 5.91 Å². The molecule has 0 aliphatic carbocycles.